The molecule has 0 fully saturated rings. The van der Waals surface area contributed by atoms with Gasteiger partial charge in [-0.15, -0.1) is 0 Å². The zero-order chi connectivity index (χ0) is 13.2. The zero-order valence-electron chi connectivity index (χ0n) is 10.6. The van der Waals surface area contributed by atoms with Crippen molar-refractivity contribution in [1.82, 2.24) is 4.98 Å². The molecule has 2 heteroatoms. The van der Waals surface area contributed by atoms with Gasteiger partial charge in [0.15, 0.2) is 5.78 Å². The van der Waals surface area contributed by atoms with Crippen LogP contribution in [-0.2, 0) is 0 Å². The number of aromatic nitrogens is 1. The highest BCUT2D eigenvalue weighted by Gasteiger charge is 2.12. The predicted octanol–water partition coefficient (Wildman–Crippen LogP) is 4.10. The van der Waals surface area contributed by atoms with Gasteiger partial charge in [-0.05, 0) is 19.1 Å². The van der Waals surface area contributed by atoms with Crippen molar-refractivity contribution in [2.45, 2.75) is 6.92 Å². The lowest BCUT2D eigenvalue weighted by molar-refractivity contribution is 0.101. The van der Waals surface area contributed by atoms with Crippen LogP contribution in [-0.4, -0.2) is 10.8 Å². The summed E-state index contributed by atoms with van der Waals surface area (Å²) in [4.78, 5) is 16.5. The Kier molecular flexibility index (Phi) is 2.84. The van der Waals surface area contributed by atoms with Gasteiger partial charge in [-0.1, -0.05) is 48.5 Å². The molecule has 0 aliphatic rings. The molecule has 1 aromatic heterocycles. The topological polar surface area (TPSA) is 30.0 Å². The van der Waals surface area contributed by atoms with Crippen LogP contribution in [0.3, 0.4) is 0 Å². The average Bonchev–Trinajstić information content (AvgIpc) is 2.46. The molecule has 92 valence electrons. The normalized spacial score (nSPS) is 10.6. The first-order valence-corrected chi connectivity index (χ1v) is 6.22. The van der Waals surface area contributed by atoms with Crippen LogP contribution in [0.4, 0.5) is 0 Å². The number of benzene rings is 2. The van der Waals surface area contributed by atoms with Crippen LogP contribution in [0.1, 0.15) is 17.3 Å². The second-order valence-corrected chi connectivity index (χ2v) is 4.50. The summed E-state index contributed by atoms with van der Waals surface area (Å²) in [5.74, 6) is 0.0390. The minimum atomic E-state index is 0.0390. The number of Topliss-reactive ketones (excluding diaryl/α,β-unsaturated/α-hetero) is 1. The van der Waals surface area contributed by atoms with Gasteiger partial charge in [0.2, 0.25) is 0 Å². The van der Waals surface area contributed by atoms with Gasteiger partial charge in [-0.3, -0.25) is 4.79 Å². The van der Waals surface area contributed by atoms with Crippen LogP contribution >= 0.6 is 0 Å². The Morgan fingerprint density at radius 3 is 2.37 bits per heavy atom. The molecule has 0 saturated carbocycles. The van der Waals surface area contributed by atoms with Crippen molar-refractivity contribution >= 4 is 16.7 Å². The lowest BCUT2D eigenvalue weighted by Crippen LogP contribution is -1.99. The summed E-state index contributed by atoms with van der Waals surface area (Å²) in [6, 6.07) is 19.6. The molecule has 0 atom stereocenters. The highest BCUT2D eigenvalue weighted by Crippen LogP contribution is 2.25. The fraction of sp³-hybridized carbons (Fsp3) is 0.0588. The third kappa shape index (κ3) is 2.13. The lowest BCUT2D eigenvalue weighted by Gasteiger charge is -2.08. The van der Waals surface area contributed by atoms with Crippen molar-refractivity contribution in [2.24, 2.45) is 0 Å². The van der Waals surface area contributed by atoms with Crippen LogP contribution in [0.5, 0.6) is 0 Å². The van der Waals surface area contributed by atoms with Crippen molar-refractivity contribution in [3.05, 3.63) is 66.2 Å². The maximum Gasteiger partial charge on any atom is 0.162 e. The van der Waals surface area contributed by atoms with E-state index in [2.05, 4.69) is 4.98 Å². The molecule has 19 heavy (non-hydrogen) atoms. The number of ketones is 1. The average molecular weight is 247 g/mol. The summed E-state index contributed by atoms with van der Waals surface area (Å²) in [7, 11) is 0. The largest absolute Gasteiger partial charge is 0.294 e. The molecule has 0 saturated heterocycles. The molecule has 0 N–H and O–H groups in total. The van der Waals surface area contributed by atoms with Crippen LogP contribution in [0, 0.1) is 0 Å². The van der Waals surface area contributed by atoms with E-state index in [4.69, 9.17) is 0 Å². The van der Waals surface area contributed by atoms with Crippen LogP contribution in [0.2, 0.25) is 0 Å². The molecule has 1 heterocycles. The number of hydrogen-bond acceptors (Lipinski definition) is 2. The number of pyridine rings is 1. The molecule has 0 spiro atoms. The molecule has 0 aliphatic carbocycles. The lowest BCUT2D eigenvalue weighted by atomic mass is 10.0. The molecular formula is C17H13NO. The maximum absolute atomic E-state index is 11.8. The Bertz CT molecular complexity index is 748. The van der Waals surface area contributed by atoms with E-state index in [-0.39, 0.29) is 5.78 Å². The zero-order valence-corrected chi connectivity index (χ0v) is 10.6. The fourth-order valence-corrected chi connectivity index (χ4v) is 2.20. The van der Waals surface area contributed by atoms with E-state index in [0.717, 1.165) is 22.2 Å². The Morgan fingerprint density at radius 1 is 0.947 bits per heavy atom. The van der Waals surface area contributed by atoms with E-state index in [1.54, 1.807) is 6.92 Å². The molecule has 0 unspecified atom stereocenters. The van der Waals surface area contributed by atoms with Crippen molar-refractivity contribution in [1.29, 1.82) is 0 Å². The highest BCUT2D eigenvalue weighted by molar-refractivity contribution is 6.03. The molecule has 0 bridgehead atoms. The summed E-state index contributed by atoms with van der Waals surface area (Å²) in [5, 5.41) is 0.993. The standard InChI is InChI=1S/C17H13NO/c1-12(19)15-11-14-9-5-6-10-16(14)18-17(15)13-7-3-2-4-8-13/h2-11H,1H3. The molecule has 0 amide bonds. The number of fused-ring (bicyclic) bond motifs is 1. The van der Waals surface area contributed by atoms with Gasteiger partial charge in [-0.25, -0.2) is 4.98 Å². The van der Waals surface area contributed by atoms with Gasteiger partial charge < -0.3 is 0 Å². The SMILES string of the molecule is CC(=O)c1cc2ccccc2nc1-c1ccccc1. The van der Waals surface area contributed by atoms with Crippen molar-refractivity contribution in [3.8, 4) is 11.3 Å². The van der Waals surface area contributed by atoms with E-state index in [1.807, 2.05) is 60.7 Å². The van der Waals surface area contributed by atoms with E-state index < -0.39 is 0 Å². The maximum atomic E-state index is 11.8. The van der Waals surface area contributed by atoms with Gasteiger partial charge in [0, 0.05) is 16.5 Å². The second kappa shape index (κ2) is 4.65. The molecule has 3 rings (SSSR count). The Hall–Kier alpha value is -2.48. The highest BCUT2D eigenvalue weighted by atomic mass is 16.1. The van der Waals surface area contributed by atoms with Gasteiger partial charge >= 0.3 is 0 Å². The van der Waals surface area contributed by atoms with Crippen LogP contribution in [0.25, 0.3) is 22.2 Å². The molecule has 2 aromatic carbocycles. The minimum Gasteiger partial charge on any atom is -0.294 e. The third-order valence-electron chi connectivity index (χ3n) is 3.15. The molecular weight excluding hydrogens is 234 g/mol. The Labute approximate surface area is 111 Å². The van der Waals surface area contributed by atoms with Gasteiger partial charge in [0.25, 0.3) is 0 Å². The smallest absolute Gasteiger partial charge is 0.162 e. The van der Waals surface area contributed by atoms with Gasteiger partial charge in [0.1, 0.15) is 0 Å². The molecule has 2 nitrogen and oxygen atoms in total. The number of rotatable bonds is 2. The van der Waals surface area contributed by atoms with E-state index in [0.29, 0.717) is 5.56 Å². The van der Waals surface area contributed by atoms with Crippen LogP contribution in [0.15, 0.2) is 60.7 Å². The predicted molar refractivity (Wildman–Crippen MR) is 77.2 cm³/mol. The molecule has 0 radical (unpaired) electrons. The third-order valence-corrected chi connectivity index (χ3v) is 3.15. The quantitative estimate of drug-likeness (QED) is 0.638. The summed E-state index contributed by atoms with van der Waals surface area (Å²) in [5.41, 5.74) is 3.31. The minimum absolute atomic E-state index is 0.0390. The number of carbonyl (C=O) groups excluding carboxylic acids is 1. The van der Waals surface area contributed by atoms with E-state index in [1.165, 1.54) is 0 Å². The second-order valence-electron chi connectivity index (χ2n) is 4.50. The van der Waals surface area contributed by atoms with Crippen LogP contribution < -0.4 is 0 Å². The van der Waals surface area contributed by atoms with E-state index >= 15 is 0 Å². The van der Waals surface area contributed by atoms with Crippen molar-refractivity contribution in [3.63, 3.8) is 0 Å². The van der Waals surface area contributed by atoms with Crippen molar-refractivity contribution < 1.29 is 4.79 Å². The monoisotopic (exact) mass is 247 g/mol. The van der Waals surface area contributed by atoms with Crippen molar-refractivity contribution in [2.75, 3.05) is 0 Å². The summed E-state index contributed by atoms with van der Waals surface area (Å²) in [6.45, 7) is 1.58. The first-order chi connectivity index (χ1) is 9.25. The number of nitrogens with zero attached hydrogens (tertiary/aromatic N) is 1. The van der Waals surface area contributed by atoms with Gasteiger partial charge in [0.05, 0.1) is 11.2 Å². The first-order valence-electron chi connectivity index (χ1n) is 6.22. The summed E-state index contributed by atoms with van der Waals surface area (Å²) < 4.78 is 0. The fourth-order valence-electron chi connectivity index (χ4n) is 2.20. The number of para-hydroxylation sites is 1. The van der Waals surface area contributed by atoms with E-state index in [9.17, 15) is 4.79 Å². The molecule has 3 aromatic rings. The first kappa shape index (κ1) is 11.6. The Morgan fingerprint density at radius 2 is 1.63 bits per heavy atom. The number of carbonyl (C=O) groups is 1. The molecule has 0 aliphatic heterocycles. The summed E-state index contributed by atoms with van der Waals surface area (Å²) in [6.07, 6.45) is 0. The number of hydrogen-bond donors (Lipinski definition) is 0. The summed E-state index contributed by atoms with van der Waals surface area (Å²) >= 11 is 0. The Balaban J connectivity index is 2.33. The van der Waals surface area contributed by atoms with Gasteiger partial charge in [-0.2, -0.15) is 0 Å².